The van der Waals surface area contributed by atoms with Crippen molar-refractivity contribution in [2.24, 2.45) is 0 Å². The van der Waals surface area contributed by atoms with Gasteiger partial charge in [0.05, 0.1) is 6.10 Å². The summed E-state index contributed by atoms with van der Waals surface area (Å²) >= 11 is 0. The minimum Gasteiger partial charge on any atom is -0.480 e. The summed E-state index contributed by atoms with van der Waals surface area (Å²) < 4.78 is 43.6. The van der Waals surface area contributed by atoms with Crippen LogP contribution in [0, 0.1) is 0 Å². The summed E-state index contributed by atoms with van der Waals surface area (Å²) in [6, 6.07) is -0.494. The second kappa shape index (κ2) is 5.44. The Morgan fingerprint density at radius 3 is 2.44 bits per heavy atom. The molecule has 7 heteroatoms. The first-order chi connectivity index (χ1) is 8.20. The highest BCUT2D eigenvalue weighted by Crippen LogP contribution is 2.33. The molecule has 106 valence electrons. The van der Waals surface area contributed by atoms with Crippen LogP contribution in [0.4, 0.5) is 13.2 Å². The van der Waals surface area contributed by atoms with E-state index in [4.69, 9.17) is 9.84 Å². The minimum absolute atomic E-state index is 0.109. The number of ether oxygens (including phenoxy) is 1. The van der Waals surface area contributed by atoms with Crippen molar-refractivity contribution in [1.82, 2.24) is 5.32 Å². The molecular weight excluding hydrogens is 251 g/mol. The van der Waals surface area contributed by atoms with E-state index in [2.05, 4.69) is 5.32 Å². The van der Waals surface area contributed by atoms with E-state index in [1.807, 2.05) is 0 Å². The maximum Gasteiger partial charge on any atom is 0.417 e. The van der Waals surface area contributed by atoms with Gasteiger partial charge >= 0.3 is 12.1 Å². The average Bonchev–Trinajstić information content (AvgIpc) is 2.27. The fraction of sp³-hybridized carbons (Fsp3) is 0.909. The van der Waals surface area contributed by atoms with Gasteiger partial charge in [-0.2, -0.15) is 13.2 Å². The van der Waals surface area contributed by atoms with Crippen LogP contribution >= 0.6 is 0 Å². The van der Waals surface area contributed by atoms with E-state index in [0.717, 1.165) is 12.8 Å². The largest absolute Gasteiger partial charge is 0.480 e. The van der Waals surface area contributed by atoms with E-state index >= 15 is 0 Å². The van der Waals surface area contributed by atoms with E-state index < -0.39 is 23.7 Å². The third-order valence-electron chi connectivity index (χ3n) is 3.45. The van der Waals surface area contributed by atoms with Gasteiger partial charge < -0.3 is 9.84 Å². The Kier molecular flexibility index (Phi) is 4.61. The van der Waals surface area contributed by atoms with E-state index in [9.17, 15) is 18.0 Å². The third-order valence-corrected chi connectivity index (χ3v) is 3.45. The number of nitrogens with one attached hydrogen (secondary N) is 1. The molecular formula is C11H18F3NO3. The fourth-order valence-electron chi connectivity index (χ4n) is 2.16. The summed E-state index contributed by atoms with van der Waals surface area (Å²) in [7, 11) is 1.51. The van der Waals surface area contributed by atoms with Gasteiger partial charge in [0, 0.05) is 13.2 Å². The number of methoxy groups -OCH3 is 1. The summed E-state index contributed by atoms with van der Waals surface area (Å²) in [4.78, 5) is 10.9. The highest BCUT2D eigenvalue weighted by Gasteiger charge is 2.58. The van der Waals surface area contributed by atoms with Crippen LogP contribution in [0.5, 0.6) is 0 Å². The van der Waals surface area contributed by atoms with E-state index in [-0.39, 0.29) is 6.10 Å². The summed E-state index contributed by atoms with van der Waals surface area (Å²) in [6.45, 7) is 0.658. The molecule has 0 spiro atoms. The molecule has 3 unspecified atom stereocenters. The van der Waals surface area contributed by atoms with Crippen molar-refractivity contribution in [1.29, 1.82) is 0 Å². The van der Waals surface area contributed by atoms with Gasteiger partial charge in [-0.3, -0.25) is 5.32 Å². The first-order valence-corrected chi connectivity index (χ1v) is 5.81. The number of halogens is 3. The van der Waals surface area contributed by atoms with Crippen molar-refractivity contribution in [3.8, 4) is 0 Å². The zero-order chi connectivity index (χ0) is 14.0. The Hall–Kier alpha value is -0.820. The van der Waals surface area contributed by atoms with Crippen molar-refractivity contribution in [2.75, 3.05) is 7.11 Å². The molecule has 0 aromatic carbocycles. The normalized spacial score (nSPS) is 28.7. The molecule has 0 heterocycles. The van der Waals surface area contributed by atoms with Gasteiger partial charge in [0.1, 0.15) is 0 Å². The number of alkyl halides is 3. The smallest absolute Gasteiger partial charge is 0.417 e. The summed E-state index contributed by atoms with van der Waals surface area (Å²) in [5.41, 5.74) is -2.91. The van der Waals surface area contributed by atoms with Crippen LogP contribution in [0.2, 0.25) is 0 Å². The maximum atomic E-state index is 12.8. The minimum atomic E-state index is -4.83. The number of hydrogen-bond acceptors (Lipinski definition) is 3. The molecule has 0 aromatic heterocycles. The number of hydrogen-bond donors (Lipinski definition) is 2. The highest BCUT2D eigenvalue weighted by molar-refractivity contribution is 5.79. The average molecular weight is 269 g/mol. The third kappa shape index (κ3) is 3.14. The molecule has 0 radical (unpaired) electrons. The molecule has 0 saturated heterocycles. The molecule has 1 saturated carbocycles. The lowest BCUT2D eigenvalue weighted by Crippen LogP contribution is -2.63. The second-order valence-corrected chi connectivity index (χ2v) is 4.79. The predicted octanol–water partition coefficient (Wildman–Crippen LogP) is 1.94. The van der Waals surface area contributed by atoms with Crippen LogP contribution in [0.25, 0.3) is 0 Å². The maximum absolute atomic E-state index is 12.8. The Morgan fingerprint density at radius 2 is 2.00 bits per heavy atom. The van der Waals surface area contributed by atoms with Gasteiger partial charge in [-0.05, 0) is 32.6 Å². The lowest BCUT2D eigenvalue weighted by molar-refractivity contribution is -0.208. The SMILES string of the molecule is COC1CCCC(NC(C)(C(=O)O)C(F)(F)F)C1. The Morgan fingerprint density at radius 1 is 1.39 bits per heavy atom. The quantitative estimate of drug-likeness (QED) is 0.819. The lowest BCUT2D eigenvalue weighted by Gasteiger charge is -2.36. The molecule has 0 aliphatic heterocycles. The predicted molar refractivity (Wildman–Crippen MR) is 58.3 cm³/mol. The first kappa shape index (κ1) is 15.2. The molecule has 18 heavy (non-hydrogen) atoms. The molecule has 2 N–H and O–H groups in total. The summed E-state index contributed by atoms with van der Waals surface area (Å²) in [5, 5.41) is 11.0. The zero-order valence-corrected chi connectivity index (χ0v) is 10.4. The molecule has 1 fully saturated rings. The molecule has 0 amide bonds. The van der Waals surface area contributed by atoms with Gasteiger partial charge in [-0.15, -0.1) is 0 Å². The fourth-order valence-corrected chi connectivity index (χ4v) is 2.16. The van der Waals surface area contributed by atoms with E-state index in [0.29, 0.717) is 19.8 Å². The second-order valence-electron chi connectivity index (χ2n) is 4.79. The van der Waals surface area contributed by atoms with Gasteiger partial charge in [-0.1, -0.05) is 0 Å². The van der Waals surface area contributed by atoms with Crippen molar-refractivity contribution < 1.29 is 27.8 Å². The van der Waals surface area contributed by atoms with Crippen molar-refractivity contribution in [2.45, 2.75) is 56.5 Å². The molecule has 0 bridgehead atoms. The van der Waals surface area contributed by atoms with Crippen molar-refractivity contribution in [3.05, 3.63) is 0 Å². The van der Waals surface area contributed by atoms with Crippen molar-refractivity contribution >= 4 is 5.97 Å². The van der Waals surface area contributed by atoms with Crippen LogP contribution in [-0.4, -0.2) is 42.0 Å². The summed E-state index contributed by atoms with van der Waals surface area (Å²) in [5.74, 6) is -1.91. The van der Waals surface area contributed by atoms with Gasteiger partial charge in [0.15, 0.2) is 0 Å². The van der Waals surface area contributed by atoms with Gasteiger partial charge in [-0.25, -0.2) is 4.79 Å². The van der Waals surface area contributed by atoms with Crippen LogP contribution in [0.3, 0.4) is 0 Å². The number of carboxylic acids is 1. The molecule has 1 rings (SSSR count). The molecule has 4 nitrogen and oxygen atoms in total. The zero-order valence-electron chi connectivity index (χ0n) is 10.4. The van der Waals surface area contributed by atoms with Crippen LogP contribution in [0.15, 0.2) is 0 Å². The Labute approximate surface area is 103 Å². The number of carboxylic acid groups (broad SMARTS) is 1. The molecule has 3 atom stereocenters. The van der Waals surface area contributed by atoms with Crippen LogP contribution in [0.1, 0.15) is 32.6 Å². The molecule has 1 aliphatic rings. The lowest BCUT2D eigenvalue weighted by atomic mass is 9.90. The van der Waals surface area contributed by atoms with E-state index in [1.54, 1.807) is 0 Å². The van der Waals surface area contributed by atoms with E-state index in [1.165, 1.54) is 7.11 Å². The van der Waals surface area contributed by atoms with Crippen LogP contribution in [-0.2, 0) is 9.53 Å². The topological polar surface area (TPSA) is 58.6 Å². The summed E-state index contributed by atoms with van der Waals surface area (Å²) in [6.07, 6.45) is -2.50. The van der Waals surface area contributed by atoms with Crippen molar-refractivity contribution in [3.63, 3.8) is 0 Å². The first-order valence-electron chi connectivity index (χ1n) is 5.81. The number of aliphatic carboxylic acids is 1. The standard InChI is InChI=1S/C11H18F3NO3/c1-10(9(16)17,11(12,13)14)15-7-4-3-5-8(6-7)18-2/h7-8,15H,3-6H2,1-2H3,(H,16,17). The van der Waals surface area contributed by atoms with Gasteiger partial charge in [0.25, 0.3) is 0 Å². The number of carbonyl (C=O) groups is 1. The highest BCUT2D eigenvalue weighted by atomic mass is 19.4. The Bertz CT molecular complexity index is 308. The monoisotopic (exact) mass is 269 g/mol. The van der Waals surface area contributed by atoms with Gasteiger partial charge in [0.2, 0.25) is 5.54 Å². The molecule has 0 aromatic rings. The number of rotatable bonds is 4. The Balaban J connectivity index is 2.76. The van der Waals surface area contributed by atoms with Crippen LogP contribution < -0.4 is 5.32 Å². The molecule has 1 aliphatic carbocycles.